The fraction of sp³-hybridized carbons (Fsp3) is 0.690. The maximum atomic E-state index is 12.9. The van der Waals surface area contributed by atoms with E-state index in [1.165, 1.54) is 29.9 Å². The third kappa shape index (κ3) is 7.94. The number of rotatable bonds is 13. The quantitative estimate of drug-likeness (QED) is 0.350. The van der Waals surface area contributed by atoms with Crippen molar-refractivity contribution in [1.82, 2.24) is 15.5 Å². The van der Waals surface area contributed by atoms with Crippen LogP contribution in [0.4, 0.5) is 0 Å². The van der Waals surface area contributed by atoms with Gasteiger partial charge in [-0.1, -0.05) is 38.5 Å². The van der Waals surface area contributed by atoms with E-state index in [0.717, 1.165) is 57.1 Å². The monoisotopic (exact) mass is 515 g/mol. The normalized spacial score (nSPS) is 18.7. The van der Waals surface area contributed by atoms with Crippen LogP contribution < -0.4 is 15.4 Å². The lowest BCUT2D eigenvalue weighted by atomic mass is 9.94. The summed E-state index contributed by atoms with van der Waals surface area (Å²) in [5.74, 6) is 0.148. The highest BCUT2D eigenvalue weighted by molar-refractivity contribution is 5.91. The predicted octanol–water partition coefficient (Wildman–Crippen LogP) is 2.99. The van der Waals surface area contributed by atoms with Crippen molar-refractivity contribution >= 4 is 17.7 Å². The summed E-state index contributed by atoms with van der Waals surface area (Å²) in [4.78, 5) is 39.5. The van der Waals surface area contributed by atoms with Gasteiger partial charge >= 0.3 is 0 Å². The van der Waals surface area contributed by atoms with Crippen LogP contribution in [0.1, 0.15) is 77.3 Å². The van der Waals surface area contributed by atoms with Crippen LogP contribution in [0.25, 0.3) is 0 Å². The molecule has 1 aromatic carbocycles. The van der Waals surface area contributed by atoms with E-state index in [1.54, 1.807) is 7.05 Å². The number of amides is 3. The minimum absolute atomic E-state index is 0.165. The Morgan fingerprint density at radius 3 is 2.57 bits per heavy atom. The van der Waals surface area contributed by atoms with E-state index in [2.05, 4.69) is 35.8 Å². The van der Waals surface area contributed by atoms with E-state index in [9.17, 15) is 19.5 Å². The molecule has 1 heterocycles. The molecule has 206 valence electrons. The van der Waals surface area contributed by atoms with E-state index in [0.29, 0.717) is 12.5 Å². The third-order valence-electron chi connectivity index (χ3n) is 7.55. The summed E-state index contributed by atoms with van der Waals surface area (Å²) in [6.07, 6.45) is 8.11. The van der Waals surface area contributed by atoms with Gasteiger partial charge in [0.05, 0.1) is 18.2 Å². The number of carbonyl (C=O) groups is 3. The molecule has 3 unspecified atom stereocenters. The molecule has 37 heavy (non-hydrogen) atoms. The topological polar surface area (TPSA) is 108 Å². The Morgan fingerprint density at radius 1 is 1.19 bits per heavy atom. The molecular weight excluding hydrogens is 470 g/mol. The molecule has 0 aromatic heterocycles. The van der Waals surface area contributed by atoms with E-state index < -0.39 is 17.6 Å². The average molecular weight is 516 g/mol. The maximum absolute atomic E-state index is 12.9. The van der Waals surface area contributed by atoms with Gasteiger partial charge in [0.2, 0.25) is 17.7 Å². The first-order valence-electron chi connectivity index (χ1n) is 13.8. The number of carbonyl (C=O) groups excluding carboxylic acids is 3. The Bertz CT molecular complexity index is 953. The summed E-state index contributed by atoms with van der Waals surface area (Å²) in [6, 6.07) is 5.20. The number of ether oxygens (including phenoxy) is 1. The van der Waals surface area contributed by atoms with Gasteiger partial charge in [0, 0.05) is 19.5 Å². The van der Waals surface area contributed by atoms with Crippen LogP contribution in [-0.4, -0.2) is 65.6 Å². The first kappa shape index (κ1) is 29.0. The van der Waals surface area contributed by atoms with Gasteiger partial charge in [0.15, 0.2) is 0 Å². The Balaban J connectivity index is 1.45. The number of nitrogens with one attached hydrogen (secondary N) is 2. The molecule has 8 nitrogen and oxygen atoms in total. The first-order valence-corrected chi connectivity index (χ1v) is 13.8. The van der Waals surface area contributed by atoms with Gasteiger partial charge in [-0.05, 0) is 75.8 Å². The molecule has 8 heteroatoms. The van der Waals surface area contributed by atoms with Crippen molar-refractivity contribution in [2.45, 2.75) is 96.8 Å². The number of para-hydroxylation sites is 1. The van der Waals surface area contributed by atoms with Crippen molar-refractivity contribution in [3.8, 4) is 5.75 Å². The van der Waals surface area contributed by atoms with Crippen molar-refractivity contribution in [2.75, 3.05) is 20.1 Å². The minimum atomic E-state index is -1.46. The predicted molar refractivity (Wildman–Crippen MR) is 143 cm³/mol. The van der Waals surface area contributed by atoms with Crippen LogP contribution in [0.5, 0.6) is 5.75 Å². The van der Waals surface area contributed by atoms with E-state index >= 15 is 0 Å². The van der Waals surface area contributed by atoms with Crippen LogP contribution in [0.15, 0.2) is 18.2 Å². The number of fused-ring (bicyclic) bond motifs is 1. The molecule has 3 N–H and O–H groups in total. The molecule has 0 radical (unpaired) electrons. The largest absolute Gasteiger partial charge is 0.490 e. The van der Waals surface area contributed by atoms with Crippen LogP contribution in [0.2, 0.25) is 0 Å². The maximum Gasteiger partial charge on any atom is 0.246 e. The van der Waals surface area contributed by atoms with E-state index in [1.807, 2.05) is 6.92 Å². The second-order valence-corrected chi connectivity index (χ2v) is 11.3. The molecule has 0 bridgehead atoms. The second kappa shape index (κ2) is 12.8. The Labute approximate surface area is 221 Å². The van der Waals surface area contributed by atoms with Gasteiger partial charge in [-0.3, -0.25) is 14.4 Å². The zero-order chi connectivity index (χ0) is 27.2. The highest BCUT2D eigenvalue weighted by Crippen LogP contribution is 2.38. The number of hydrogen-bond acceptors (Lipinski definition) is 5. The Kier molecular flexibility index (Phi) is 9.99. The lowest BCUT2D eigenvalue weighted by Crippen LogP contribution is -2.59. The lowest BCUT2D eigenvalue weighted by molar-refractivity contribution is -0.150. The number of aliphatic hydroxyl groups is 1. The summed E-state index contributed by atoms with van der Waals surface area (Å²) >= 11 is 0. The molecule has 1 aliphatic carbocycles. The van der Waals surface area contributed by atoms with Crippen LogP contribution in [0, 0.1) is 11.8 Å². The molecule has 3 rings (SSSR count). The van der Waals surface area contributed by atoms with Gasteiger partial charge < -0.3 is 25.4 Å². The molecule has 3 amide bonds. The number of likely N-dealkylation sites (N-methyl/N-ethyl adjacent to an activating group) is 1. The van der Waals surface area contributed by atoms with Gasteiger partial charge in [0.1, 0.15) is 11.8 Å². The molecule has 0 spiro atoms. The highest BCUT2D eigenvalue weighted by atomic mass is 16.5. The fourth-order valence-corrected chi connectivity index (χ4v) is 5.30. The molecule has 1 saturated carbocycles. The number of hydrogen-bond donors (Lipinski definition) is 3. The number of nitrogens with zero attached hydrogens (tertiary/aromatic N) is 1. The van der Waals surface area contributed by atoms with Crippen LogP contribution in [0.3, 0.4) is 0 Å². The van der Waals surface area contributed by atoms with Crippen LogP contribution in [-0.2, 0) is 27.2 Å². The zero-order valence-electron chi connectivity index (χ0n) is 23.1. The van der Waals surface area contributed by atoms with Crippen molar-refractivity contribution in [2.24, 2.45) is 11.8 Å². The van der Waals surface area contributed by atoms with Crippen molar-refractivity contribution in [3.05, 3.63) is 29.3 Å². The highest BCUT2D eigenvalue weighted by Gasteiger charge is 2.42. The van der Waals surface area contributed by atoms with E-state index in [-0.39, 0.29) is 30.4 Å². The third-order valence-corrected chi connectivity index (χ3v) is 7.55. The second-order valence-electron chi connectivity index (χ2n) is 11.3. The molecular formula is C29H45N3O5. The summed E-state index contributed by atoms with van der Waals surface area (Å²) in [6.45, 7) is 7.30. The van der Waals surface area contributed by atoms with E-state index in [4.69, 9.17) is 4.74 Å². The summed E-state index contributed by atoms with van der Waals surface area (Å²) < 4.78 is 6.28. The summed E-state index contributed by atoms with van der Waals surface area (Å²) in [5, 5.41) is 16.1. The first-order chi connectivity index (χ1) is 17.5. The van der Waals surface area contributed by atoms with Gasteiger partial charge in [0.25, 0.3) is 0 Å². The lowest BCUT2D eigenvalue weighted by Gasteiger charge is -2.36. The zero-order valence-corrected chi connectivity index (χ0v) is 23.1. The fourth-order valence-electron chi connectivity index (χ4n) is 5.30. The van der Waals surface area contributed by atoms with Gasteiger partial charge in [-0.2, -0.15) is 0 Å². The van der Waals surface area contributed by atoms with Crippen molar-refractivity contribution < 1.29 is 24.2 Å². The number of benzene rings is 1. The molecule has 1 aromatic rings. The SMILES string of the molecule is CCCC1CCc2cccc(CCCNC(=O)CNC(=O)C(N(C)C(=O)C(C)C3CC3)C(C)(C)O)c2O1. The van der Waals surface area contributed by atoms with Crippen molar-refractivity contribution in [1.29, 1.82) is 0 Å². The molecule has 0 saturated heterocycles. The molecule has 3 atom stereocenters. The molecule has 1 fully saturated rings. The summed E-state index contributed by atoms with van der Waals surface area (Å²) in [7, 11) is 1.54. The molecule has 2 aliphatic rings. The van der Waals surface area contributed by atoms with Gasteiger partial charge in [-0.25, -0.2) is 0 Å². The number of aryl methyl sites for hydroxylation is 2. The standard InChI is InChI=1S/C29H45N3O5/c1-6-9-23-16-15-22-11-7-10-21(25(22)37-23)12-8-17-30-24(33)18-31-27(34)26(29(3,4)36)32(5)28(35)19(2)20-13-14-20/h7,10-11,19-20,23,26,36H,6,8-9,12-18H2,1-5H3,(H,30,33)(H,31,34). The average Bonchev–Trinajstić information content (AvgIpc) is 3.69. The Hall–Kier alpha value is -2.61. The van der Waals surface area contributed by atoms with Crippen molar-refractivity contribution in [3.63, 3.8) is 0 Å². The van der Waals surface area contributed by atoms with Gasteiger partial charge in [-0.15, -0.1) is 0 Å². The smallest absolute Gasteiger partial charge is 0.246 e. The minimum Gasteiger partial charge on any atom is -0.490 e. The van der Waals surface area contributed by atoms with Crippen LogP contribution >= 0.6 is 0 Å². The summed E-state index contributed by atoms with van der Waals surface area (Å²) in [5.41, 5.74) is 0.969. The Morgan fingerprint density at radius 2 is 1.92 bits per heavy atom. The molecule has 1 aliphatic heterocycles.